The fourth-order valence-electron chi connectivity index (χ4n) is 3.04. The van der Waals surface area contributed by atoms with Crippen molar-refractivity contribution in [2.45, 2.75) is 18.4 Å². The lowest BCUT2D eigenvalue weighted by Crippen LogP contribution is -2.40. The van der Waals surface area contributed by atoms with Gasteiger partial charge in [0.1, 0.15) is 17.2 Å². The Kier molecular flexibility index (Phi) is 7.20. The second-order valence-electron chi connectivity index (χ2n) is 6.87. The second-order valence-corrected chi connectivity index (χ2v) is 9.11. The van der Waals surface area contributed by atoms with Crippen LogP contribution in [-0.4, -0.2) is 28.0 Å². The van der Waals surface area contributed by atoms with Crippen molar-refractivity contribution in [1.29, 1.82) is 0 Å². The molecule has 0 spiro atoms. The minimum atomic E-state index is -4.08. The van der Waals surface area contributed by atoms with Gasteiger partial charge < -0.3 is 10.1 Å². The predicted octanol–water partition coefficient (Wildman–Crippen LogP) is 4.17. The molecule has 0 bridgehead atoms. The summed E-state index contributed by atoms with van der Waals surface area (Å²) in [6, 6.07) is 20.5. The smallest absolute Gasteiger partial charge is 0.268 e. The maximum absolute atomic E-state index is 13.6. The number of hydrogen-bond donors (Lipinski definition) is 1. The van der Waals surface area contributed by atoms with Crippen molar-refractivity contribution in [1.82, 2.24) is 5.32 Å². The number of rotatable bonds is 8. The molecule has 162 valence electrons. The first-order chi connectivity index (χ1) is 14.8. The van der Waals surface area contributed by atoms with E-state index in [1.807, 2.05) is 6.07 Å². The molecule has 1 amide bonds. The summed E-state index contributed by atoms with van der Waals surface area (Å²) in [7, 11) is -2.67. The van der Waals surface area contributed by atoms with E-state index in [2.05, 4.69) is 5.32 Å². The van der Waals surface area contributed by atoms with Gasteiger partial charge in [-0.2, -0.15) is 0 Å². The van der Waals surface area contributed by atoms with E-state index in [0.29, 0.717) is 10.7 Å². The van der Waals surface area contributed by atoms with Gasteiger partial charge in [0.05, 0.1) is 12.8 Å². The summed E-state index contributed by atoms with van der Waals surface area (Å²) in [6.45, 7) is 1.59. The minimum absolute atomic E-state index is 0.00208. The number of nitrogens with zero attached hydrogens (tertiary/aromatic N) is 1. The Bertz CT molecular complexity index is 1170. The summed E-state index contributed by atoms with van der Waals surface area (Å²) >= 11 is 6.14. The Balaban J connectivity index is 1.91. The average Bonchev–Trinajstić information content (AvgIpc) is 2.77. The van der Waals surface area contributed by atoms with E-state index in [9.17, 15) is 13.2 Å². The van der Waals surface area contributed by atoms with Crippen LogP contribution in [0.25, 0.3) is 0 Å². The molecule has 0 radical (unpaired) electrons. The number of amides is 1. The van der Waals surface area contributed by atoms with Crippen LogP contribution in [0.5, 0.6) is 5.75 Å². The van der Waals surface area contributed by atoms with Crippen molar-refractivity contribution in [2.24, 2.45) is 0 Å². The van der Waals surface area contributed by atoms with Gasteiger partial charge in [-0.1, -0.05) is 54.1 Å². The molecule has 0 fully saturated rings. The van der Waals surface area contributed by atoms with E-state index in [4.69, 9.17) is 16.3 Å². The van der Waals surface area contributed by atoms with Crippen molar-refractivity contribution in [3.05, 3.63) is 88.9 Å². The van der Waals surface area contributed by atoms with Crippen LogP contribution in [0, 0.1) is 6.92 Å². The molecule has 0 aliphatic carbocycles. The average molecular weight is 459 g/mol. The molecule has 3 rings (SSSR count). The lowest BCUT2D eigenvalue weighted by molar-refractivity contribution is -0.119. The number of aryl methyl sites for hydroxylation is 1. The normalized spacial score (nSPS) is 11.1. The van der Waals surface area contributed by atoms with E-state index in [-0.39, 0.29) is 17.2 Å². The summed E-state index contributed by atoms with van der Waals surface area (Å²) in [5.74, 6) is -0.248. The molecule has 0 unspecified atom stereocenters. The fraction of sp³-hybridized carbons (Fsp3) is 0.174. The van der Waals surface area contributed by atoms with Crippen LogP contribution in [0.3, 0.4) is 0 Å². The van der Waals surface area contributed by atoms with Crippen LogP contribution in [0.4, 0.5) is 5.69 Å². The highest BCUT2D eigenvalue weighted by atomic mass is 35.5. The number of nitrogens with one attached hydrogen (secondary N) is 1. The summed E-state index contributed by atoms with van der Waals surface area (Å²) in [5, 5.41) is 3.27. The standard InChI is InChI=1S/C23H23ClN2O4S/c1-17-12-13-21(30-2)22(14-17)31(28,29)26(19-9-4-3-5-10-19)16-23(27)25-15-18-8-6-7-11-20(18)24/h3-14H,15-16H2,1-2H3,(H,25,27). The number of carbonyl (C=O) groups is 1. The van der Waals surface area contributed by atoms with E-state index < -0.39 is 22.5 Å². The van der Waals surface area contributed by atoms with Gasteiger partial charge in [-0.15, -0.1) is 0 Å². The largest absolute Gasteiger partial charge is 0.495 e. The fourth-order valence-corrected chi connectivity index (χ4v) is 4.90. The molecule has 31 heavy (non-hydrogen) atoms. The number of hydrogen-bond acceptors (Lipinski definition) is 4. The number of methoxy groups -OCH3 is 1. The molecule has 0 aliphatic heterocycles. The van der Waals surface area contributed by atoms with Crippen LogP contribution >= 0.6 is 11.6 Å². The van der Waals surface area contributed by atoms with E-state index in [0.717, 1.165) is 15.4 Å². The quantitative estimate of drug-likeness (QED) is 0.549. The van der Waals surface area contributed by atoms with Gasteiger partial charge in [-0.05, 0) is 48.4 Å². The Labute approximate surface area is 187 Å². The SMILES string of the molecule is COc1ccc(C)cc1S(=O)(=O)N(CC(=O)NCc1ccccc1Cl)c1ccccc1. The zero-order chi connectivity index (χ0) is 22.4. The van der Waals surface area contributed by atoms with Gasteiger partial charge in [0.25, 0.3) is 10.0 Å². The lowest BCUT2D eigenvalue weighted by atomic mass is 10.2. The molecular weight excluding hydrogens is 436 g/mol. The van der Waals surface area contributed by atoms with Crippen LogP contribution < -0.4 is 14.4 Å². The minimum Gasteiger partial charge on any atom is -0.495 e. The maximum Gasteiger partial charge on any atom is 0.268 e. The van der Waals surface area contributed by atoms with Crippen molar-refractivity contribution in [3.63, 3.8) is 0 Å². The van der Waals surface area contributed by atoms with Crippen molar-refractivity contribution >= 4 is 33.2 Å². The lowest BCUT2D eigenvalue weighted by Gasteiger charge is -2.25. The van der Waals surface area contributed by atoms with Crippen LogP contribution in [0.15, 0.2) is 77.7 Å². The number of sulfonamides is 1. The predicted molar refractivity (Wildman–Crippen MR) is 122 cm³/mol. The van der Waals surface area contributed by atoms with E-state index >= 15 is 0 Å². The highest BCUT2D eigenvalue weighted by Gasteiger charge is 2.30. The van der Waals surface area contributed by atoms with Gasteiger partial charge in [-0.3, -0.25) is 9.10 Å². The molecule has 3 aromatic carbocycles. The van der Waals surface area contributed by atoms with Gasteiger partial charge in [0.2, 0.25) is 5.91 Å². The van der Waals surface area contributed by atoms with Crippen LogP contribution in [0.1, 0.15) is 11.1 Å². The Morgan fingerprint density at radius 2 is 1.71 bits per heavy atom. The van der Waals surface area contributed by atoms with Crippen molar-refractivity contribution in [3.8, 4) is 5.75 Å². The molecule has 0 atom stereocenters. The molecular formula is C23H23ClN2O4S. The topological polar surface area (TPSA) is 75.7 Å². The molecule has 0 aromatic heterocycles. The summed E-state index contributed by atoms with van der Waals surface area (Å²) < 4.78 is 33.5. The summed E-state index contributed by atoms with van der Waals surface area (Å²) in [4.78, 5) is 12.7. The number of carbonyl (C=O) groups excluding carboxylic acids is 1. The third-order valence-corrected chi connectivity index (χ3v) is 6.82. The molecule has 0 saturated carbocycles. The Hall–Kier alpha value is -3.03. The molecule has 0 saturated heterocycles. The monoisotopic (exact) mass is 458 g/mol. The number of para-hydroxylation sites is 1. The maximum atomic E-state index is 13.6. The third kappa shape index (κ3) is 5.37. The first kappa shape index (κ1) is 22.7. The molecule has 6 nitrogen and oxygen atoms in total. The molecule has 1 N–H and O–H groups in total. The van der Waals surface area contributed by atoms with Crippen molar-refractivity contribution < 1.29 is 17.9 Å². The molecule has 3 aromatic rings. The molecule has 0 aliphatic rings. The van der Waals surface area contributed by atoms with Gasteiger partial charge >= 0.3 is 0 Å². The van der Waals surface area contributed by atoms with E-state index in [1.165, 1.54) is 13.2 Å². The Morgan fingerprint density at radius 3 is 2.39 bits per heavy atom. The van der Waals surface area contributed by atoms with E-state index in [1.54, 1.807) is 67.6 Å². The summed E-state index contributed by atoms with van der Waals surface area (Å²) in [5.41, 5.74) is 1.88. The number of benzene rings is 3. The third-order valence-electron chi connectivity index (χ3n) is 4.65. The zero-order valence-electron chi connectivity index (χ0n) is 17.2. The van der Waals surface area contributed by atoms with Crippen LogP contribution in [0.2, 0.25) is 5.02 Å². The first-order valence-corrected chi connectivity index (χ1v) is 11.4. The Morgan fingerprint density at radius 1 is 1.03 bits per heavy atom. The highest BCUT2D eigenvalue weighted by Crippen LogP contribution is 2.30. The van der Waals surface area contributed by atoms with Gasteiger partial charge in [0, 0.05) is 11.6 Å². The number of halogens is 1. The summed E-state index contributed by atoms with van der Waals surface area (Å²) in [6.07, 6.45) is 0. The highest BCUT2D eigenvalue weighted by molar-refractivity contribution is 7.93. The first-order valence-electron chi connectivity index (χ1n) is 9.55. The number of ether oxygens (including phenoxy) is 1. The van der Waals surface area contributed by atoms with Gasteiger partial charge in [-0.25, -0.2) is 8.42 Å². The number of anilines is 1. The van der Waals surface area contributed by atoms with Crippen LogP contribution in [-0.2, 0) is 21.4 Å². The van der Waals surface area contributed by atoms with Crippen molar-refractivity contribution in [2.75, 3.05) is 18.0 Å². The molecule has 8 heteroatoms. The molecule has 0 heterocycles. The van der Waals surface area contributed by atoms with Gasteiger partial charge in [0.15, 0.2) is 0 Å². The second kappa shape index (κ2) is 9.85. The zero-order valence-corrected chi connectivity index (χ0v) is 18.8.